The molecule has 0 unspecified atom stereocenters. The van der Waals surface area contributed by atoms with Crippen molar-refractivity contribution in [1.82, 2.24) is 14.8 Å². The number of thioether (sulfide) groups is 1. The molecule has 0 saturated heterocycles. The lowest BCUT2D eigenvalue weighted by Crippen LogP contribution is -2.27. The highest BCUT2D eigenvalue weighted by atomic mass is 32.2. The summed E-state index contributed by atoms with van der Waals surface area (Å²) in [5, 5.41) is 8.89. The van der Waals surface area contributed by atoms with E-state index in [1.807, 2.05) is 34.9 Å². The van der Waals surface area contributed by atoms with Gasteiger partial charge in [-0.15, -0.1) is 10.2 Å². The summed E-state index contributed by atoms with van der Waals surface area (Å²) in [4.78, 5) is 14.1. The first-order valence-corrected chi connectivity index (χ1v) is 8.97. The lowest BCUT2D eigenvalue weighted by atomic mass is 10.1. The highest BCUT2D eigenvalue weighted by molar-refractivity contribution is 7.99. The summed E-state index contributed by atoms with van der Waals surface area (Å²) >= 11 is 1.39. The average molecular weight is 352 g/mol. The maximum absolute atomic E-state index is 12.4. The lowest BCUT2D eigenvalue weighted by molar-refractivity contribution is -0.115. The van der Waals surface area contributed by atoms with Crippen molar-refractivity contribution in [3.63, 3.8) is 0 Å². The summed E-state index contributed by atoms with van der Waals surface area (Å²) < 4.78 is 1.93. The number of carbonyl (C=O) groups is 1. The molecule has 0 radical (unpaired) electrons. The van der Waals surface area contributed by atoms with Crippen LogP contribution in [-0.2, 0) is 4.79 Å². The van der Waals surface area contributed by atoms with Gasteiger partial charge in [-0.1, -0.05) is 47.7 Å². The van der Waals surface area contributed by atoms with E-state index in [1.165, 1.54) is 17.3 Å². The van der Waals surface area contributed by atoms with E-state index in [2.05, 4.69) is 42.2 Å². The molecule has 0 bridgehead atoms. The molecule has 0 fully saturated rings. The summed E-state index contributed by atoms with van der Waals surface area (Å²) in [6, 6.07) is 15.8. The maximum Gasteiger partial charge on any atom is 0.237 e. The predicted molar refractivity (Wildman–Crippen MR) is 101 cm³/mol. The number of nitrogens with zero attached hydrogens (tertiary/aromatic N) is 4. The van der Waals surface area contributed by atoms with Gasteiger partial charge in [0.05, 0.1) is 11.4 Å². The van der Waals surface area contributed by atoms with Crippen LogP contribution in [0.15, 0.2) is 60.0 Å². The van der Waals surface area contributed by atoms with Gasteiger partial charge in [0, 0.05) is 12.7 Å². The van der Waals surface area contributed by atoms with Gasteiger partial charge in [-0.05, 0) is 37.6 Å². The molecule has 1 amide bonds. The van der Waals surface area contributed by atoms with Crippen molar-refractivity contribution in [3.8, 4) is 5.69 Å². The zero-order valence-corrected chi connectivity index (χ0v) is 15.3. The van der Waals surface area contributed by atoms with Crippen LogP contribution in [0.3, 0.4) is 0 Å². The van der Waals surface area contributed by atoms with Crippen molar-refractivity contribution in [2.75, 3.05) is 17.7 Å². The van der Waals surface area contributed by atoms with Crippen molar-refractivity contribution in [2.24, 2.45) is 0 Å². The summed E-state index contributed by atoms with van der Waals surface area (Å²) in [6.45, 7) is 4.13. The van der Waals surface area contributed by atoms with Crippen LogP contribution in [0.25, 0.3) is 5.69 Å². The molecule has 3 aromatic rings. The molecule has 0 atom stereocenters. The number of rotatable bonds is 5. The van der Waals surface area contributed by atoms with Crippen LogP contribution in [0.4, 0.5) is 5.69 Å². The second kappa shape index (κ2) is 7.53. The van der Waals surface area contributed by atoms with Crippen molar-refractivity contribution >= 4 is 23.4 Å². The Morgan fingerprint density at radius 2 is 1.92 bits per heavy atom. The van der Waals surface area contributed by atoms with Gasteiger partial charge >= 0.3 is 0 Å². The minimum Gasteiger partial charge on any atom is -0.315 e. The summed E-state index contributed by atoms with van der Waals surface area (Å²) in [6.07, 6.45) is 1.69. The fraction of sp³-hybridized carbons (Fsp3) is 0.211. The van der Waals surface area contributed by atoms with Crippen molar-refractivity contribution in [3.05, 3.63) is 66.0 Å². The molecule has 0 aliphatic heterocycles. The van der Waals surface area contributed by atoms with Crippen LogP contribution >= 0.6 is 11.8 Å². The molecule has 6 heteroatoms. The summed E-state index contributed by atoms with van der Waals surface area (Å²) in [5.41, 5.74) is 4.27. The number of amides is 1. The number of carbonyl (C=O) groups excluding carboxylic acids is 1. The van der Waals surface area contributed by atoms with Gasteiger partial charge in [0.25, 0.3) is 0 Å². The van der Waals surface area contributed by atoms with Crippen LogP contribution < -0.4 is 4.90 Å². The van der Waals surface area contributed by atoms with Crippen LogP contribution in [0.2, 0.25) is 0 Å². The summed E-state index contributed by atoms with van der Waals surface area (Å²) in [5.74, 6) is 0.320. The first-order chi connectivity index (χ1) is 12.1. The third-order valence-electron chi connectivity index (χ3n) is 3.97. The van der Waals surface area contributed by atoms with Gasteiger partial charge in [0.2, 0.25) is 5.91 Å². The molecule has 0 aliphatic carbocycles. The van der Waals surface area contributed by atoms with Gasteiger partial charge in [-0.2, -0.15) is 0 Å². The Hall–Kier alpha value is -2.60. The van der Waals surface area contributed by atoms with Crippen molar-refractivity contribution in [2.45, 2.75) is 19.0 Å². The van der Waals surface area contributed by atoms with Gasteiger partial charge in [-0.3, -0.25) is 9.36 Å². The largest absolute Gasteiger partial charge is 0.315 e. The van der Waals surface area contributed by atoms with Crippen molar-refractivity contribution < 1.29 is 4.79 Å². The highest BCUT2D eigenvalue weighted by Gasteiger charge is 2.15. The van der Waals surface area contributed by atoms with E-state index >= 15 is 0 Å². The highest BCUT2D eigenvalue weighted by Crippen LogP contribution is 2.23. The molecular weight excluding hydrogens is 332 g/mol. The zero-order chi connectivity index (χ0) is 17.8. The standard InChI is InChI=1S/C19H20N4OS/c1-14-9-10-17(15(2)11-14)23-13-20-21-19(23)25-12-18(24)22(3)16-7-5-4-6-8-16/h4-11,13H,12H2,1-3H3. The van der Waals surface area contributed by atoms with Crippen LogP contribution in [0, 0.1) is 13.8 Å². The lowest BCUT2D eigenvalue weighted by Gasteiger charge is -2.17. The van der Waals surface area contributed by atoms with E-state index in [0.29, 0.717) is 10.9 Å². The first-order valence-electron chi connectivity index (χ1n) is 7.98. The Balaban J connectivity index is 1.73. The Kier molecular flexibility index (Phi) is 5.19. The molecule has 0 N–H and O–H groups in total. The van der Waals surface area contributed by atoms with E-state index in [1.54, 1.807) is 18.3 Å². The minimum absolute atomic E-state index is 0.0198. The van der Waals surface area contributed by atoms with E-state index < -0.39 is 0 Å². The molecule has 2 aromatic carbocycles. The van der Waals surface area contributed by atoms with Crippen molar-refractivity contribution in [1.29, 1.82) is 0 Å². The fourth-order valence-electron chi connectivity index (χ4n) is 2.58. The molecule has 128 valence electrons. The third kappa shape index (κ3) is 3.91. The van der Waals surface area contributed by atoms with Gasteiger partial charge in [-0.25, -0.2) is 0 Å². The number of hydrogen-bond donors (Lipinski definition) is 0. The minimum atomic E-state index is 0.0198. The first kappa shape index (κ1) is 17.2. The van der Waals surface area contributed by atoms with Gasteiger partial charge in [0.1, 0.15) is 6.33 Å². The van der Waals surface area contributed by atoms with E-state index in [9.17, 15) is 4.79 Å². The third-order valence-corrected chi connectivity index (χ3v) is 4.90. The Labute approximate surface area is 151 Å². The number of aromatic nitrogens is 3. The normalized spacial score (nSPS) is 10.7. The summed E-state index contributed by atoms with van der Waals surface area (Å²) in [7, 11) is 1.78. The SMILES string of the molecule is Cc1ccc(-n2cnnc2SCC(=O)N(C)c2ccccc2)c(C)c1. The smallest absolute Gasteiger partial charge is 0.237 e. The molecule has 1 aromatic heterocycles. The molecule has 0 saturated carbocycles. The number of anilines is 1. The second-order valence-electron chi connectivity index (χ2n) is 5.85. The fourth-order valence-corrected chi connectivity index (χ4v) is 3.42. The number of hydrogen-bond acceptors (Lipinski definition) is 4. The molecule has 0 aliphatic rings. The molecule has 1 heterocycles. The number of benzene rings is 2. The Morgan fingerprint density at radius 3 is 2.64 bits per heavy atom. The van der Waals surface area contributed by atoms with E-state index in [-0.39, 0.29) is 5.91 Å². The molecule has 0 spiro atoms. The van der Waals surface area contributed by atoms with Crippen LogP contribution in [0.1, 0.15) is 11.1 Å². The predicted octanol–water partition coefficient (Wildman–Crippen LogP) is 3.64. The Bertz CT molecular complexity index is 876. The van der Waals surface area contributed by atoms with E-state index in [0.717, 1.165) is 16.9 Å². The maximum atomic E-state index is 12.4. The van der Waals surface area contributed by atoms with E-state index in [4.69, 9.17) is 0 Å². The topological polar surface area (TPSA) is 51.0 Å². The molecule has 5 nitrogen and oxygen atoms in total. The van der Waals surface area contributed by atoms with Crippen LogP contribution in [-0.4, -0.2) is 33.5 Å². The monoisotopic (exact) mass is 352 g/mol. The molecule has 3 rings (SSSR count). The number of para-hydroxylation sites is 1. The van der Waals surface area contributed by atoms with Crippen LogP contribution in [0.5, 0.6) is 0 Å². The van der Waals surface area contributed by atoms with Gasteiger partial charge in [0.15, 0.2) is 5.16 Å². The second-order valence-corrected chi connectivity index (χ2v) is 6.79. The molecule has 25 heavy (non-hydrogen) atoms. The molecular formula is C19H20N4OS. The quantitative estimate of drug-likeness (QED) is 0.658. The zero-order valence-electron chi connectivity index (χ0n) is 14.5. The van der Waals surface area contributed by atoms with Gasteiger partial charge < -0.3 is 4.90 Å². The number of aryl methyl sites for hydroxylation is 2. The average Bonchev–Trinajstić information content (AvgIpc) is 3.08. The Morgan fingerprint density at radius 1 is 1.16 bits per heavy atom.